The van der Waals surface area contributed by atoms with Crippen molar-refractivity contribution in [1.29, 1.82) is 0 Å². The second-order valence-electron chi connectivity index (χ2n) is 9.02. The third kappa shape index (κ3) is 5.71. The minimum absolute atomic E-state index is 0.0731. The Labute approximate surface area is 213 Å². The highest BCUT2D eigenvalue weighted by Gasteiger charge is 2.46. The molecule has 3 heterocycles. The van der Waals surface area contributed by atoms with Gasteiger partial charge in [-0.3, -0.25) is 9.78 Å². The predicted molar refractivity (Wildman–Crippen MR) is 134 cm³/mol. The van der Waals surface area contributed by atoms with Gasteiger partial charge in [0, 0.05) is 23.4 Å². The highest BCUT2D eigenvalue weighted by Crippen LogP contribution is 2.47. The number of urea groups is 1. The molecule has 1 aromatic heterocycles. The van der Waals surface area contributed by atoms with Gasteiger partial charge >= 0.3 is 6.03 Å². The van der Waals surface area contributed by atoms with Crippen molar-refractivity contribution in [3.63, 3.8) is 0 Å². The average Bonchev–Trinajstić information content (AvgIpc) is 3.27. The number of nitrogens with one attached hydrogen (secondary N) is 3. The smallest absolute Gasteiger partial charge is 0.323 e. The zero-order valence-corrected chi connectivity index (χ0v) is 19.9. The summed E-state index contributed by atoms with van der Waals surface area (Å²) in [5.41, 5.74) is 2.19. The van der Waals surface area contributed by atoms with Gasteiger partial charge in [0.25, 0.3) is 0 Å². The van der Waals surface area contributed by atoms with Gasteiger partial charge in [-0.15, -0.1) is 0 Å². The lowest BCUT2D eigenvalue weighted by Crippen LogP contribution is -2.47. The molecular weight excluding hydrogens is 479 g/mol. The van der Waals surface area contributed by atoms with Crippen molar-refractivity contribution >= 4 is 23.3 Å². The Hall–Kier alpha value is -4.02. The lowest BCUT2D eigenvalue weighted by molar-refractivity contribution is -0.142. The summed E-state index contributed by atoms with van der Waals surface area (Å²) in [6.45, 7) is 0.0646. The fraction of sp³-hybridized carbons (Fsp3) is 0.296. The Morgan fingerprint density at radius 2 is 1.92 bits per heavy atom. The van der Waals surface area contributed by atoms with E-state index in [1.807, 2.05) is 18.2 Å². The number of aromatic nitrogens is 1. The molecule has 1 fully saturated rings. The van der Waals surface area contributed by atoms with Crippen LogP contribution in [0.4, 0.5) is 20.6 Å². The van der Waals surface area contributed by atoms with Gasteiger partial charge in [-0.1, -0.05) is 18.2 Å². The van der Waals surface area contributed by atoms with Crippen molar-refractivity contribution in [1.82, 2.24) is 10.3 Å². The largest absolute Gasteiger partial charge is 0.487 e. The average molecular weight is 507 g/mol. The molecule has 0 spiro atoms. The van der Waals surface area contributed by atoms with Crippen LogP contribution >= 0.6 is 0 Å². The first kappa shape index (κ1) is 24.7. The van der Waals surface area contributed by atoms with Crippen LogP contribution in [0.1, 0.15) is 30.0 Å². The molecule has 3 aromatic rings. The van der Waals surface area contributed by atoms with Crippen molar-refractivity contribution in [3.05, 3.63) is 83.9 Å². The van der Waals surface area contributed by atoms with Crippen LogP contribution < -0.4 is 20.7 Å². The molecular formula is C27H27FN4O5. The van der Waals surface area contributed by atoms with Gasteiger partial charge in [-0.25, -0.2) is 9.18 Å². The number of aliphatic hydroxyl groups is 1. The Balaban J connectivity index is 1.24. The topological polar surface area (TPSA) is 122 Å². The molecule has 9 nitrogen and oxygen atoms in total. The fourth-order valence-corrected chi connectivity index (χ4v) is 4.78. The summed E-state index contributed by atoms with van der Waals surface area (Å²) in [4.78, 5) is 29.2. The molecule has 192 valence electrons. The van der Waals surface area contributed by atoms with Crippen LogP contribution in [-0.2, 0) is 16.1 Å². The van der Waals surface area contributed by atoms with Crippen LogP contribution in [0.3, 0.4) is 0 Å². The van der Waals surface area contributed by atoms with Crippen LogP contribution in [0.15, 0.2) is 66.9 Å². The molecule has 0 bridgehead atoms. The minimum atomic E-state index is -0.597. The summed E-state index contributed by atoms with van der Waals surface area (Å²) in [6.07, 6.45) is 0.886. The van der Waals surface area contributed by atoms with E-state index in [0.717, 1.165) is 11.3 Å². The van der Waals surface area contributed by atoms with Gasteiger partial charge in [0.05, 0.1) is 37.1 Å². The molecule has 4 N–H and O–H groups in total. The van der Waals surface area contributed by atoms with Crippen LogP contribution in [0.2, 0.25) is 0 Å². The number of pyridine rings is 1. The summed E-state index contributed by atoms with van der Waals surface area (Å²) >= 11 is 0. The van der Waals surface area contributed by atoms with Gasteiger partial charge in [0.15, 0.2) is 0 Å². The first-order chi connectivity index (χ1) is 18.0. The maximum atomic E-state index is 13.9. The quantitative estimate of drug-likeness (QED) is 0.389. The zero-order valence-electron chi connectivity index (χ0n) is 19.9. The summed E-state index contributed by atoms with van der Waals surface area (Å²) in [5.74, 6) is -0.205. The van der Waals surface area contributed by atoms with Crippen molar-refractivity contribution in [2.24, 2.45) is 0 Å². The highest BCUT2D eigenvalue weighted by molar-refractivity contribution is 5.99. The number of benzene rings is 2. The standard InChI is InChI=1S/C27H27FN4O5/c28-21-6-1-2-7-22(21)32-27(35)31-16-8-9-23-19(11-16)20-12-18(36-24(15-33)26(20)37-23)13-25(34)30-14-17-5-3-4-10-29-17/h1-11,18,20,24,26,33H,12-15H2,(H,30,34)(H2,31,32,35)/t18-,20+,24-,26-/m1/s1. The first-order valence-electron chi connectivity index (χ1n) is 12.1. The molecule has 2 aliphatic rings. The third-order valence-corrected chi connectivity index (χ3v) is 6.49. The second-order valence-corrected chi connectivity index (χ2v) is 9.02. The summed E-state index contributed by atoms with van der Waals surface area (Å²) in [5, 5.41) is 18.0. The number of anilines is 2. The van der Waals surface area contributed by atoms with E-state index in [9.17, 15) is 19.1 Å². The van der Waals surface area contributed by atoms with E-state index in [-0.39, 0.29) is 30.5 Å². The lowest BCUT2D eigenvalue weighted by atomic mass is 9.84. The summed E-state index contributed by atoms with van der Waals surface area (Å²) in [6, 6.07) is 16.1. The molecule has 0 saturated carbocycles. The molecule has 10 heteroatoms. The maximum absolute atomic E-state index is 13.9. The van der Waals surface area contributed by atoms with Crippen molar-refractivity contribution in [3.8, 4) is 5.75 Å². The summed E-state index contributed by atoms with van der Waals surface area (Å²) < 4.78 is 25.9. The number of nitrogens with zero attached hydrogens (tertiary/aromatic N) is 1. The maximum Gasteiger partial charge on any atom is 0.323 e. The van der Waals surface area contributed by atoms with E-state index >= 15 is 0 Å². The van der Waals surface area contributed by atoms with Crippen LogP contribution in [0.25, 0.3) is 0 Å². The Morgan fingerprint density at radius 1 is 1.08 bits per heavy atom. The number of fused-ring (bicyclic) bond motifs is 3. The molecule has 0 unspecified atom stereocenters. The number of halogens is 1. The SMILES string of the molecule is O=C(C[C@H]1C[C@H]2c3cc(NC(=O)Nc4ccccc4F)ccc3O[C@H]2[C@@H](CO)O1)NCc1ccccn1. The van der Waals surface area contributed by atoms with Crippen molar-refractivity contribution in [2.75, 3.05) is 17.2 Å². The molecule has 37 heavy (non-hydrogen) atoms. The van der Waals surface area contributed by atoms with E-state index in [1.165, 1.54) is 12.1 Å². The number of ether oxygens (including phenoxy) is 2. The zero-order chi connectivity index (χ0) is 25.8. The minimum Gasteiger partial charge on any atom is -0.487 e. The van der Waals surface area contributed by atoms with Crippen LogP contribution in [-0.4, -0.2) is 46.9 Å². The normalized spacial score (nSPS) is 21.8. The van der Waals surface area contributed by atoms with Gasteiger partial charge < -0.3 is 30.5 Å². The Morgan fingerprint density at radius 3 is 2.70 bits per heavy atom. The number of carbonyl (C=O) groups is 2. The highest BCUT2D eigenvalue weighted by atomic mass is 19.1. The Bertz CT molecular complexity index is 1270. The predicted octanol–water partition coefficient (Wildman–Crippen LogP) is 3.57. The van der Waals surface area contributed by atoms with Crippen LogP contribution in [0.5, 0.6) is 5.75 Å². The summed E-state index contributed by atoms with van der Waals surface area (Å²) in [7, 11) is 0. The molecule has 4 atom stereocenters. The molecule has 0 aliphatic carbocycles. The van der Waals surface area contributed by atoms with Gasteiger partial charge in [-0.2, -0.15) is 0 Å². The number of carbonyl (C=O) groups excluding carboxylic acids is 2. The lowest BCUT2D eigenvalue weighted by Gasteiger charge is -2.37. The first-order valence-corrected chi connectivity index (χ1v) is 12.1. The number of para-hydroxylation sites is 1. The van der Waals surface area contributed by atoms with Gasteiger partial charge in [0.1, 0.15) is 23.8 Å². The third-order valence-electron chi connectivity index (χ3n) is 6.49. The molecule has 3 amide bonds. The number of hydrogen-bond donors (Lipinski definition) is 4. The van der Waals surface area contributed by atoms with E-state index in [4.69, 9.17) is 9.47 Å². The Kier molecular flexibility index (Phi) is 7.29. The van der Waals surface area contributed by atoms with Crippen molar-refractivity contribution < 1.29 is 28.6 Å². The van der Waals surface area contributed by atoms with E-state index < -0.39 is 30.2 Å². The number of aliphatic hydroxyl groups excluding tert-OH is 1. The van der Waals surface area contributed by atoms with Gasteiger partial charge in [-0.05, 0) is 48.9 Å². The number of rotatable bonds is 7. The van der Waals surface area contributed by atoms with Crippen molar-refractivity contribution in [2.45, 2.75) is 43.6 Å². The molecule has 0 radical (unpaired) electrons. The second kappa shape index (κ2) is 10.9. The van der Waals surface area contributed by atoms with E-state index in [2.05, 4.69) is 20.9 Å². The molecule has 2 aliphatic heterocycles. The fourth-order valence-electron chi connectivity index (χ4n) is 4.78. The molecule has 1 saturated heterocycles. The molecule has 5 rings (SSSR count). The van der Waals surface area contributed by atoms with E-state index in [1.54, 1.807) is 36.5 Å². The molecule has 2 aromatic carbocycles. The van der Waals surface area contributed by atoms with Gasteiger partial charge in [0.2, 0.25) is 5.91 Å². The number of amides is 3. The van der Waals surface area contributed by atoms with Crippen LogP contribution in [0, 0.1) is 5.82 Å². The monoisotopic (exact) mass is 506 g/mol. The van der Waals surface area contributed by atoms with E-state index in [0.29, 0.717) is 24.4 Å². The number of hydrogen-bond acceptors (Lipinski definition) is 6.